The Labute approximate surface area is 153 Å². The number of rotatable bonds is 6. The average Bonchev–Trinajstić information content (AvgIpc) is 2.65. The Morgan fingerprint density at radius 1 is 1.38 bits per heavy atom. The molecule has 0 spiro atoms. The first kappa shape index (κ1) is 18.4. The van der Waals surface area contributed by atoms with E-state index >= 15 is 0 Å². The maximum Gasteiger partial charge on any atom is 0.355 e. The van der Waals surface area contributed by atoms with Crippen molar-refractivity contribution in [3.63, 3.8) is 0 Å². The van der Waals surface area contributed by atoms with Crippen LogP contribution in [0.2, 0.25) is 0 Å². The molecule has 26 heavy (non-hydrogen) atoms. The van der Waals surface area contributed by atoms with Crippen LogP contribution in [-0.2, 0) is 25.7 Å². The van der Waals surface area contributed by atoms with Crippen molar-refractivity contribution in [3.8, 4) is 0 Å². The van der Waals surface area contributed by atoms with E-state index in [-0.39, 0.29) is 35.9 Å². The summed E-state index contributed by atoms with van der Waals surface area (Å²) in [6.45, 7) is 0.146. The second kappa shape index (κ2) is 7.44. The molecule has 1 aromatic rings. The molecule has 0 radical (unpaired) electrons. The number of non-ortho nitro benzene ring substituents is 1. The molecule has 1 amide bonds. The number of nitrogens with zero attached hydrogens (tertiary/aromatic N) is 2. The fraction of sp³-hybridized carbons (Fsp3) is 0.375. The summed E-state index contributed by atoms with van der Waals surface area (Å²) < 4.78 is 10.4. The Kier molecular flexibility index (Phi) is 5.25. The number of nitrogens with two attached hydrogens (primary N) is 1. The van der Waals surface area contributed by atoms with Gasteiger partial charge in [0.2, 0.25) is 5.91 Å². The Balaban J connectivity index is 1.73. The Hall–Kier alpha value is -2.43. The highest BCUT2D eigenvalue weighted by Gasteiger charge is 2.52. The van der Waals surface area contributed by atoms with Crippen molar-refractivity contribution in [3.05, 3.63) is 51.2 Å². The molecule has 0 aliphatic carbocycles. The smallest absolute Gasteiger partial charge is 0.355 e. The van der Waals surface area contributed by atoms with Crippen LogP contribution in [0.1, 0.15) is 5.56 Å². The number of methoxy groups -OCH3 is 1. The molecule has 3 rings (SSSR count). The van der Waals surface area contributed by atoms with Crippen molar-refractivity contribution < 1.29 is 24.0 Å². The summed E-state index contributed by atoms with van der Waals surface area (Å²) in [6, 6.07) is 5.08. The highest BCUT2D eigenvalue weighted by Crippen LogP contribution is 2.39. The van der Waals surface area contributed by atoms with Crippen LogP contribution >= 0.6 is 11.8 Å². The van der Waals surface area contributed by atoms with Gasteiger partial charge in [0, 0.05) is 25.0 Å². The minimum atomic E-state index is -0.638. The molecule has 9 nitrogen and oxygen atoms in total. The maximum absolute atomic E-state index is 12.6. The fourth-order valence-corrected chi connectivity index (χ4v) is 4.06. The van der Waals surface area contributed by atoms with Gasteiger partial charge in [0.15, 0.2) is 0 Å². The van der Waals surface area contributed by atoms with Gasteiger partial charge < -0.3 is 15.2 Å². The van der Waals surface area contributed by atoms with Gasteiger partial charge in [-0.25, -0.2) is 4.79 Å². The van der Waals surface area contributed by atoms with Gasteiger partial charge in [-0.3, -0.25) is 19.8 Å². The van der Waals surface area contributed by atoms with E-state index < -0.39 is 16.9 Å². The zero-order chi connectivity index (χ0) is 18.8. The molecule has 0 aromatic heterocycles. The van der Waals surface area contributed by atoms with Crippen LogP contribution in [0.15, 0.2) is 35.5 Å². The van der Waals surface area contributed by atoms with Gasteiger partial charge in [-0.2, -0.15) is 0 Å². The zero-order valence-electron chi connectivity index (χ0n) is 13.9. The molecule has 2 atom stereocenters. The summed E-state index contributed by atoms with van der Waals surface area (Å²) in [7, 11) is 1.51. The lowest BCUT2D eigenvalue weighted by Crippen LogP contribution is -2.68. The lowest BCUT2D eigenvalue weighted by molar-refractivity contribution is -0.384. The van der Waals surface area contributed by atoms with Gasteiger partial charge in [0.25, 0.3) is 5.69 Å². The molecule has 2 heterocycles. The molecule has 2 aliphatic heterocycles. The van der Waals surface area contributed by atoms with E-state index in [9.17, 15) is 19.7 Å². The van der Waals surface area contributed by atoms with E-state index in [0.717, 1.165) is 0 Å². The SMILES string of the molecule is COCC1=C(C(=O)OCc2ccc([N+](=O)[O-])cc2)N2C(=O)C(N)[C@@H]2SC1. The van der Waals surface area contributed by atoms with Gasteiger partial charge in [-0.15, -0.1) is 11.8 Å². The third kappa shape index (κ3) is 3.30. The molecular weight excluding hydrogens is 362 g/mol. The first-order chi connectivity index (χ1) is 12.4. The number of β-lactam (4-membered cyclic amide) rings is 1. The highest BCUT2D eigenvalue weighted by atomic mass is 32.2. The van der Waals surface area contributed by atoms with Crippen LogP contribution in [0.4, 0.5) is 5.69 Å². The van der Waals surface area contributed by atoms with Crippen molar-refractivity contribution in [2.45, 2.75) is 18.0 Å². The zero-order valence-corrected chi connectivity index (χ0v) is 14.7. The Morgan fingerprint density at radius 3 is 2.69 bits per heavy atom. The van der Waals surface area contributed by atoms with E-state index in [1.54, 1.807) is 0 Å². The number of hydrogen-bond acceptors (Lipinski definition) is 8. The highest BCUT2D eigenvalue weighted by molar-refractivity contribution is 8.00. The van der Waals surface area contributed by atoms with E-state index in [2.05, 4.69) is 0 Å². The summed E-state index contributed by atoms with van der Waals surface area (Å²) in [5.74, 6) is -0.433. The van der Waals surface area contributed by atoms with Gasteiger partial charge in [-0.1, -0.05) is 0 Å². The molecule has 0 bridgehead atoms. The summed E-state index contributed by atoms with van der Waals surface area (Å²) in [5, 5.41) is 10.4. The number of carbonyl (C=O) groups is 2. The summed E-state index contributed by atoms with van der Waals surface area (Å²) in [6.07, 6.45) is 0. The lowest BCUT2D eigenvalue weighted by atomic mass is 10.0. The topological polar surface area (TPSA) is 125 Å². The molecule has 2 N–H and O–H groups in total. The van der Waals surface area contributed by atoms with Crippen LogP contribution in [0.3, 0.4) is 0 Å². The number of carbonyl (C=O) groups excluding carboxylic acids is 2. The van der Waals surface area contributed by atoms with Crippen LogP contribution in [0.5, 0.6) is 0 Å². The van der Waals surface area contributed by atoms with Crippen LogP contribution in [0.25, 0.3) is 0 Å². The molecule has 0 saturated carbocycles. The predicted molar refractivity (Wildman–Crippen MR) is 92.9 cm³/mol. The van der Waals surface area contributed by atoms with Crippen molar-refractivity contribution in [2.75, 3.05) is 19.5 Å². The Bertz CT molecular complexity index is 779. The molecule has 1 aromatic carbocycles. The average molecular weight is 379 g/mol. The molecule has 1 saturated heterocycles. The molecule has 10 heteroatoms. The molecule has 2 aliphatic rings. The summed E-state index contributed by atoms with van der Waals surface area (Å²) >= 11 is 1.48. The monoisotopic (exact) mass is 379 g/mol. The van der Waals surface area contributed by atoms with E-state index in [0.29, 0.717) is 16.9 Å². The lowest BCUT2D eigenvalue weighted by Gasteiger charge is -2.48. The number of thioether (sulfide) groups is 1. The first-order valence-electron chi connectivity index (χ1n) is 7.75. The van der Waals surface area contributed by atoms with E-state index in [1.165, 1.54) is 48.0 Å². The molecule has 138 valence electrons. The number of fused-ring (bicyclic) bond motifs is 1. The molecule has 1 unspecified atom stereocenters. The number of nitro benzene ring substituents is 1. The van der Waals surface area contributed by atoms with Crippen LogP contribution in [-0.4, -0.2) is 52.6 Å². The van der Waals surface area contributed by atoms with Crippen LogP contribution < -0.4 is 5.73 Å². The van der Waals surface area contributed by atoms with Gasteiger partial charge >= 0.3 is 5.97 Å². The fourth-order valence-electron chi connectivity index (χ4n) is 2.78. The number of benzene rings is 1. The number of ether oxygens (including phenoxy) is 2. The summed E-state index contributed by atoms with van der Waals surface area (Å²) in [4.78, 5) is 36.2. The van der Waals surface area contributed by atoms with Crippen LogP contribution in [0, 0.1) is 10.1 Å². The second-order valence-corrected chi connectivity index (χ2v) is 6.93. The largest absolute Gasteiger partial charge is 0.456 e. The maximum atomic E-state index is 12.6. The van der Waals surface area contributed by atoms with Crippen molar-refractivity contribution >= 4 is 29.3 Å². The standard InChI is InChI=1S/C16H17N3O6S/c1-24-7-10-8-26-15-12(17)14(20)18(15)13(10)16(21)25-6-9-2-4-11(5-3-9)19(22)23/h2-5,12,15H,6-8,17H2,1H3/t12?,15-/m0/s1. The minimum absolute atomic E-state index is 0.0440. The number of esters is 1. The molecular formula is C16H17N3O6S. The number of amides is 1. The summed E-state index contributed by atoms with van der Waals surface area (Å²) in [5.41, 5.74) is 7.20. The second-order valence-electron chi connectivity index (χ2n) is 5.82. The van der Waals surface area contributed by atoms with E-state index in [1.807, 2.05) is 0 Å². The van der Waals surface area contributed by atoms with Gasteiger partial charge in [-0.05, 0) is 23.3 Å². The third-order valence-electron chi connectivity index (χ3n) is 4.12. The minimum Gasteiger partial charge on any atom is -0.456 e. The Morgan fingerprint density at radius 2 is 2.08 bits per heavy atom. The first-order valence-corrected chi connectivity index (χ1v) is 8.80. The predicted octanol–water partition coefficient (Wildman–Crippen LogP) is 0.781. The quantitative estimate of drug-likeness (QED) is 0.333. The normalized spacial score (nSPS) is 21.9. The van der Waals surface area contributed by atoms with Crippen molar-refractivity contribution in [2.24, 2.45) is 5.73 Å². The van der Waals surface area contributed by atoms with Gasteiger partial charge in [0.05, 0.1) is 11.5 Å². The number of hydrogen-bond donors (Lipinski definition) is 1. The van der Waals surface area contributed by atoms with Crippen molar-refractivity contribution in [1.82, 2.24) is 4.90 Å². The van der Waals surface area contributed by atoms with Crippen molar-refractivity contribution in [1.29, 1.82) is 0 Å². The van der Waals surface area contributed by atoms with E-state index in [4.69, 9.17) is 15.2 Å². The van der Waals surface area contributed by atoms with Gasteiger partial charge in [0.1, 0.15) is 23.7 Å². The number of nitro groups is 1. The molecule has 1 fully saturated rings. The third-order valence-corrected chi connectivity index (χ3v) is 5.48.